The lowest BCUT2D eigenvalue weighted by Gasteiger charge is -2.41. The Balaban J connectivity index is 1.37. The van der Waals surface area contributed by atoms with E-state index in [0.717, 1.165) is 51.4 Å². The first-order chi connectivity index (χ1) is 17.6. The number of halogens is 6. The number of ether oxygens (including phenoxy) is 1. The lowest BCUT2D eigenvalue weighted by atomic mass is 9.76. The molecule has 37 heavy (non-hydrogen) atoms. The van der Waals surface area contributed by atoms with Gasteiger partial charge < -0.3 is 14.5 Å². The minimum absolute atomic E-state index is 0.339. The topological polar surface area (TPSA) is 15.7 Å². The third kappa shape index (κ3) is 8.72. The maximum absolute atomic E-state index is 14.0. The standard InChI is InChI=1S/C28H46F6N2O/c29-27(30,31)25(19-35-15-7-13-23(17-35)21-9-3-1-4-10-21)37-26(28(32,33)34)20-36-16-8-14-24(18-36)22-11-5-2-6-12-22/h21-26H,1-20H2. The highest BCUT2D eigenvalue weighted by Crippen LogP contribution is 2.38. The molecule has 0 N–H and O–H groups in total. The van der Waals surface area contributed by atoms with Gasteiger partial charge in [0.15, 0.2) is 12.2 Å². The average molecular weight is 541 g/mol. The summed E-state index contributed by atoms with van der Waals surface area (Å²) >= 11 is 0. The lowest BCUT2D eigenvalue weighted by Crippen LogP contribution is -2.53. The van der Waals surface area contributed by atoms with E-state index in [4.69, 9.17) is 4.74 Å². The van der Waals surface area contributed by atoms with Crippen molar-refractivity contribution in [2.75, 3.05) is 39.3 Å². The lowest BCUT2D eigenvalue weighted by molar-refractivity contribution is -0.291. The Kier molecular flexibility index (Phi) is 10.5. The van der Waals surface area contributed by atoms with E-state index in [9.17, 15) is 26.3 Å². The van der Waals surface area contributed by atoms with Crippen molar-refractivity contribution in [3.05, 3.63) is 0 Å². The number of alkyl halides is 6. The average Bonchev–Trinajstić information content (AvgIpc) is 2.88. The van der Waals surface area contributed by atoms with Gasteiger partial charge in [0, 0.05) is 26.2 Å². The van der Waals surface area contributed by atoms with Crippen LogP contribution in [-0.2, 0) is 4.74 Å². The number of piperidine rings is 2. The first kappa shape index (κ1) is 29.4. The van der Waals surface area contributed by atoms with Crippen LogP contribution < -0.4 is 0 Å². The normalized spacial score (nSPS) is 30.3. The quantitative estimate of drug-likeness (QED) is 0.298. The predicted octanol–water partition coefficient (Wildman–Crippen LogP) is 7.45. The zero-order valence-electron chi connectivity index (χ0n) is 22.2. The molecule has 0 amide bonds. The molecule has 4 unspecified atom stereocenters. The third-order valence-electron chi connectivity index (χ3n) is 9.62. The van der Waals surface area contributed by atoms with Gasteiger partial charge in [0.2, 0.25) is 0 Å². The van der Waals surface area contributed by atoms with Crippen LogP contribution in [0.4, 0.5) is 26.3 Å². The van der Waals surface area contributed by atoms with E-state index in [2.05, 4.69) is 0 Å². The summed E-state index contributed by atoms with van der Waals surface area (Å²) in [4.78, 5) is 3.43. The van der Waals surface area contributed by atoms with Gasteiger partial charge in [-0.25, -0.2) is 0 Å². The summed E-state index contributed by atoms with van der Waals surface area (Å²) < 4.78 is 89.2. The molecule has 0 spiro atoms. The van der Waals surface area contributed by atoms with E-state index in [1.165, 1.54) is 38.5 Å². The van der Waals surface area contributed by atoms with Crippen LogP contribution in [0.15, 0.2) is 0 Å². The third-order valence-corrected chi connectivity index (χ3v) is 9.62. The van der Waals surface area contributed by atoms with Gasteiger partial charge in [0.25, 0.3) is 0 Å². The number of likely N-dealkylation sites (tertiary alicyclic amines) is 2. The molecule has 4 rings (SSSR count). The zero-order valence-corrected chi connectivity index (χ0v) is 22.2. The van der Waals surface area contributed by atoms with Crippen LogP contribution in [0.2, 0.25) is 0 Å². The summed E-state index contributed by atoms with van der Waals surface area (Å²) in [7, 11) is 0. The molecule has 2 heterocycles. The molecule has 0 radical (unpaired) electrons. The molecule has 0 aromatic carbocycles. The second kappa shape index (κ2) is 13.2. The highest BCUT2D eigenvalue weighted by atomic mass is 19.4. The maximum atomic E-state index is 14.0. The Morgan fingerprint density at radius 2 is 0.865 bits per heavy atom. The van der Waals surface area contributed by atoms with Gasteiger partial charge >= 0.3 is 12.4 Å². The van der Waals surface area contributed by atoms with Crippen LogP contribution >= 0.6 is 0 Å². The highest BCUT2D eigenvalue weighted by molar-refractivity contribution is 4.87. The van der Waals surface area contributed by atoms with E-state index in [1.54, 1.807) is 9.80 Å². The second-order valence-electron chi connectivity index (χ2n) is 12.3. The number of nitrogens with zero attached hydrogens (tertiary/aromatic N) is 2. The number of hydrogen-bond acceptors (Lipinski definition) is 3. The molecule has 2 aliphatic heterocycles. The van der Waals surface area contributed by atoms with Crippen LogP contribution in [0, 0.1) is 23.7 Å². The number of hydrogen-bond donors (Lipinski definition) is 0. The summed E-state index contributed by atoms with van der Waals surface area (Å²) in [6.45, 7) is 1.03. The van der Waals surface area contributed by atoms with Crippen molar-refractivity contribution >= 4 is 0 Å². The summed E-state index contributed by atoms with van der Waals surface area (Å²) in [6.07, 6.45) is 0.630. The first-order valence-electron chi connectivity index (χ1n) is 14.8. The first-order valence-corrected chi connectivity index (χ1v) is 14.8. The molecule has 0 bridgehead atoms. The van der Waals surface area contributed by atoms with Gasteiger partial charge in [-0.15, -0.1) is 0 Å². The van der Waals surface area contributed by atoms with Crippen molar-refractivity contribution in [2.45, 2.75) is 114 Å². The molecule has 216 valence electrons. The highest BCUT2D eigenvalue weighted by Gasteiger charge is 2.50. The van der Waals surface area contributed by atoms with Gasteiger partial charge in [0.05, 0.1) is 0 Å². The van der Waals surface area contributed by atoms with E-state index >= 15 is 0 Å². The van der Waals surface area contributed by atoms with Crippen LogP contribution in [0.3, 0.4) is 0 Å². The molecule has 0 aromatic rings. The van der Waals surface area contributed by atoms with Crippen LogP contribution in [0.25, 0.3) is 0 Å². The van der Waals surface area contributed by atoms with Gasteiger partial charge in [-0.2, -0.15) is 26.3 Å². The fraction of sp³-hybridized carbons (Fsp3) is 1.00. The second-order valence-corrected chi connectivity index (χ2v) is 12.3. The fourth-order valence-electron chi connectivity index (χ4n) is 7.61. The number of rotatable bonds is 8. The smallest absolute Gasteiger partial charge is 0.353 e. The van der Waals surface area contributed by atoms with Crippen molar-refractivity contribution in [2.24, 2.45) is 23.7 Å². The Bertz CT molecular complexity index is 619. The molecular formula is C28H46F6N2O. The summed E-state index contributed by atoms with van der Waals surface area (Å²) in [6, 6.07) is 0. The molecule has 9 heteroatoms. The monoisotopic (exact) mass is 540 g/mol. The largest absolute Gasteiger partial charge is 0.415 e. The molecule has 4 fully saturated rings. The Morgan fingerprint density at radius 1 is 0.514 bits per heavy atom. The van der Waals surface area contributed by atoms with Gasteiger partial charge in [-0.05, 0) is 62.4 Å². The van der Waals surface area contributed by atoms with Crippen molar-refractivity contribution in [1.82, 2.24) is 9.80 Å². The van der Waals surface area contributed by atoms with Gasteiger partial charge in [-0.1, -0.05) is 64.2 Å². The molecule has 3 nitrogen and oxygen atoms in total. The minimum atomic E-state index is -4.84. The summed E-state index contributed by atoms with van der Waals surface area (Å²) in [5.74, 6) is 1.74. The van der Waals surface area contributed by atoms with Gasteiger partial charge in [-0.3, -0.25) is 0 Å². The van der Waals surface area contributed by atoms with Crippen LogP contribution in [-0.4, -0.2) is 73.6 Å². The van der Waals surface area contributed by atoms with Crippen molar-refractivity contribution < 1.29 is 31.1 Å². The van der Waals surface area contributed by atoms with E-state index in [1.807, 2.05) is 0 Å². The summed E-state index contributed by atoms with van der Waals surface area (Å²) in [5, 5.41) is 0. The molecule has 0 aromatic heterocycles. The van der Waals surface area contributed by atoms with E-state index in [0.29, 0.717) is 49.9 Å². The van der Waals surface area contributed by atoms with Crippen molar-refractivity contribution in [3.63, 3.8) is 0 Å². The van der Waals surface area contributed by atoms with E-state index < -0.39 is 37.7 Å². The molecule has 2 saturated heterocycles. The van der Waals surface area contributed by atoms with Crippen LogP contribution in [0.5, 0.6) is 0 Å². The van der Waals surface area contributed by atoms with Crippen LogP contribution in [0.1, 0.15) is 89.9 Å². The Labute approximate surface area is 218 Å². The minimum Gasteiger partial charge on any atom is -0.353 e. The Morgan fingerprint density at radius 3 is 1.22 bits per heavy atom. The van der Waals surface area contributed by atoms with Gasteiger partial charge in [0.1, 0.15) is 0 Å². The maximum Gasteiger partial charge on any atom is 0.415 e. The van der Waals surface area contributed by atoms with Crippen molar-refractivity contribution in [3.8, 4) is 0 Å². The molecule has 4 atom stereocenters. The SMILES string of the molecule is FC(F)(F)C(CN1CCCC(C2CCCCC2)C1)OC(CN1CCCC(C2CCCCC2)C1)C(F)(F)F. The predicted molar refractivity (Wildman–Crippen MR) is 132 cm³/mol. The zero-order chi connectivity index (χ0) is 26.5. The van der Waals surface area contributed by atoms with E-state index in [-0.39, 0.29) is 0 Å². The summed E-state index contributed by atoms with van der Waals surface area (Å²) in [5.41, 5.74) is 0. The van der Waals surface area contributed by atoms with Crippen molar-refractivity contribution in [1.29, 1.82) is 0 Å². The Hall–Kier alpha value is -0.540. The molecule has 4 aliphatic rings. The fourth-order valence-corrected chi connectivity index (χ4v) is 7.61. The molecular weight excluding hydrogens is 494 g/mol. The molecule has 2 saturated carbocycles. The molecule has 2 aliphatic carbocycles.